The first-order valence-electron chi connectivity index (χ1n) is 4.82. The van der Waals surface area contributed by atoms with Crippen LogP contribution in [0.25, 0.3) is 0 Å². The van der Waals surface area contributed by atoms with Crippen LogP contribution in [0.4, 0.5) is 0 Å². The van der Waals surface area contributed by atoms with Crippen LogP contribution in [0.3, 0.4) is 0 Å². The van der Waals surface area contributed by atoms with Gasteiger partial charge < -0.3 is 11.1 Å². The summed E-state index contributed by atoms with van der Waals surface area (Å²) in [4.78, 5) is 0. The van der Waals surface area contributed by atoms with E-state index in [1.807, 2.05) is 0 Å². The molecule has 0 radical (unpaired) electrons. The van der Waals surface area contributed by atoms with Crippen LogP contribution in [0.2, 0.25) is 0 Å². The minimum Gasteiger partial charge on any atom is -0.329 e. The lowest BCUT2D eigenvalue weighted by atomic mass is 9.93. The molecule has 2 atom stereocenters. The normalized spacial score (nSPS) is 33.3. The summed E-state index contributed by atoms with van der Waals surface area (Å²) in [5.41, 5.74) is 5.68. The summed E-state index contributed by atoms with van der Waals surface area (Å²) >= 11 is 0. The molecule has 0 bridgehead atoms. The fraction of sp³-hybridized carbons (Fsp3) is 1.00. The molecule has 0 aromatic rings. The summed E-state index contributed by atoms with van der Waals surface area (Å²) in [6.07, 6.45) is 5.34. The Hall–Kier alpha value is -0.0800. The molecule has 1 fully saturated rings. The predicted octanol–water partition coefficient (Wildman–Crippen LogP) is 1.11. The van der Waals surface area contributed by atoms with Gasteiger partial charge in [0.15, 0.2) is 0 Å². The van der Waals surface area contributed by atoms with Gasteiger partial charge >= 0.3 is 0 Å². The van der Waals surface area contributed by atoms with Crippen LogP contribution >= 0.6 is 0 Å². The molecule has 2 heteroatoms. The summed E-state index contributed by atoms with van der Waals surface area (Å²) in [7, 11) is 0. The lowest BCUT2D eigenvalue weighted by Crippen LogP contribution is -2.40. The van der Waals surface area contributed by atoms with Crippen molar-refractivity contribution in [2.75, 3.05) is 13.1 Å². The Balaban J connectivity index is 2.41. The second-order valence-electron chi connectivity index (χ2n) is 3.46. The standard InChI is InChI=1S/C9H20N2/c1-2-8-5-3-4-6-11-9(8)7-10/h8-9,11H,2-7,10H2,1H3. The Morgan fingerprint density at radius 1 is 1.45 bits per heavy atom. The van der Waals surface area contributed by atoms with Gasteiger partial charge in [-0.05, 0) is 25.3 Å². The molecule has 11 heavy (non-hydrogen) atoms. The minimum absolute atomic E-state index is 0.586. The first-order chi connectivity index (χ1) is 5.38. The molecular weight excluding hydrogens is 136 g/mol. The fourth-order valence-electron chi connectivity index (χ4n) is 1.95. The van der Waals surface area contributed by atoms with Crippen LogP contribution in [-0.2, 0) is 0 Å². The number of rotatable bonds is 2. The summed E-state index contributed by atoms with van der Waals surface area (Å²) in [5, 5.41) is 3.51. The molecule has 1 rings (SSSR count). The van der Waals surface area contributed by atoms with Crippen LogP contribution in [0.15, 0.2) is 0 Å². The third-order valence-electron chi connectivity index (χ3n) is 2.76. The monoisotopic (exact) mass is 156 g/mol. The van der Waals surface area contributed by atoms with Gasteiger partial charge in [0, 0.05) is 12.6 Å². The molecular formula is C9H20N2. The quantitative estimate of drug-likeness (QED) is 0.628. The van der Waals surface area contributed by atoms with E-state index < -0.39 is 0 Å². The Kier molecular flexibility index (Phi) is 3.87. The summed E-state index contributed by atoms with van der Waals surface area (Å²) in [6.45, 7) is 4.23. The van der Waals surface area contributed by atoms with Gasteiger partial charge in [-0.2, -0.15) is 0 Å². The second kappa shape index (κ2) is 4.73. The number of hydrogen-bond donors (Lipinski definition) is 2. The third-order valence-corrected chi connectivity index (χ3v) is 2.76. The molecule has 3 N–H and O–H groups in total. The molecule has 1 saturated heterocycles. The van der Waals surface area contributed by atoms with E-state index >= 15 is 0 Å². The summed E-state index contributed by atoms with van der Waals surface area (Å²) in [6, 6.07) is 0.586. The zero-order chi connectivity index (χ0) is 8.10. The van der Waals surface area contributed by atoms with Gasteiger partial charge in [0.2, 0.25) is 0 Å². The van der Waals surface area contributed by atoms with Crippen molar-refractivity contribution in [1.82, 2.24) is 5.32 Å². The van der Waals surface area contributed by atoms with Crippen molar-refractivity contribution in [3.8, 4) is 0 Å². The molecule has 0 saturated carbocycles. The van der Waals surface area contributed by atoms with Gasteiger partial charge in [-0.1, -0.05) is 19.8 Å². The SMILES string of the molecule is CCC1CCCCNC1CN. The van der Waals surface area contributed by atoms with Gasteiger partial charge in [-0.25, -0.2) is 0 Å². The van der Waals surface area contributed by atoms with Crippen molar-refractivity contribution in [3.63, 3.8) is 0 Å². The van der Waals surface area contributed by atoms with Crippen molar-refractivity contribution in [1.29, 1.82) is 0 Å². The predicted molar refractivity (Wildman–Crippen MR) is 48.5 cm³/mol. The molecule has 1 aliphatic heterocycles. The maximum Gasteiger partial charge on any atom is 0.0218 e. The van der Waals surface area contributed by atoms with Gasteiger partial charge in [-0.3, -0.25) is 0 Å². The van der Waals surface area contributed by atoms with E-state index in [9.17, 15) is 0 Å². The van der Waals surface area contributed by atoms with Crippen LogP contribution < -0.4 is 11.1 Å². The molecule has 0 aliphatic carbocycles. The van der Waals surface area contributed by atoms with Crippen LogP contribution in [-0.4, -0.2) is 19.1 Å². The van der Waals surface area contributed by atoms with E-state index in [4.69, 9.17) is 5.73 Å². The lowest BCUT2D eigenvalue weighted by Gasteiger charge is -2.22. The Morgan fingerprint density at radius 2 is 2.27 bits per heavy atom. The summed E-state index contributed by atoms with van der Waals surface area (Å²) < 4.78 is 0. The number of nitrogens with one attached hydrogen (secondary N) is 1. The Bertz CT molecular complexity index is 91.7. The minimum atomic E-state index is 0.586. The van der Waals surface area contributed by atoms with E-state index in [0.717, 1.165) is 12.5 Å². The van der Waals surface area contributed by atoms with Crippen molar-refractivity contribution in [3.05, 3.63) is 0 Å². The van der Waals surface area contributed by atoms with E-state index in [1.165, 1.54) is 32.2 Å². The molecule has 0 aromatic heterocycles. The van der Waals surface area contributed by atoms with Gasteiger partial charge in [0.1, 0.15) is 0 Å². The molecule has 1 heterocycles. The maximum atomic E-state index is 5.68. The lowest BCUT2D eigenvalue weighted by molar-refractivity contribution is 0.357. The highest BCUT2D eigenvalue weighted by Gasteiger charge is 2.19. The van der Waals surface area contributed by atoms with Crippen molar-refractivity contribution in [2.24, 2.45) is 11.7 Å². The second-order valence-corrected chi connectivity index (χ2v) is 3.46. The fourth-order valence-corrected chi connectivity index (χ4v) is 1.95. The van der Waals surface area contributed by atoms with Gasteiger partial charge in [0.05, 0.1) is 0 Å². The molecule has 0 aromatic carbocycles. The highest BCUT2D eigenvalue weighted by atomic mass is 14.9. The van der Waals surface area contributed by atoms with E-state index in [0.29, 0.717) is 6.04 Å². The number of nitrogens with two attached hydrogens (primary N) is 1. The molecule has 0 spiro atoms. The average molecular weight is 156 g/mol. The molecule has 2 unspecified atom stereocenters. The zero-order valence-electron chi connectivity index (χ0n) is 7.47. The zero-order valence-corrected chi connectivity index (χ0v) is 7.47. The molecule has 1 aliphatic rings. The first-order valence-corrected chi connectivity index (χ1v) is 4.82. The number of hydrogen-bond acceptors (Lipinski definition) is 2. The van der Waals surface area contributed by atoms with Crippen LogP contribution in [0, 0.1) is 5.92 Å². The maximum absolute atomic E-state index is 5.68. The average Bonchev–Trinajstić information content (AvgIpc) is 2.27. The van der Waals surface area contributed by atoms with Crippen molar-refractivity contribution in [2.45, 2.75) is 38.6 Å². The smallest absolute Gasteiger partial charge is 0.0218 e. The molecule has 0 amide bonds. The molecule has 66 valence electrons. The van der Waals surface area contributed by atoms with E-state index in [1.54, 1.807) is 0 Å². The Morgan fingerprint density at radius 3 is 2.91 bits per heavy atom. The van der Waals surface area contributed by atoms with Crippen molar-refractivity contribution < 1.29 is 0 Å². The molecule has 2 nitrogen and oxygen atoms in total. The highest BCUT2D eigenvalue weighted by molar-refractivity contribution is 4.79. The third kappa shape index (κ3) is 2.46. The first kappa shape index (κ1) is 9.01. The topological polar surface area (TPSA) is 38.0 Å². The summed E-state index contributed by atoms with van der Waals surface area (Å²) in [5.74, 6) is 0.822. The van der Waals surface area contributed by atoms with Gasteiger partial charge in [0.25, 0.3) is 0 Å². The van der Waals surface area contributed by atoms with Gasteiger partial charge in [-0.15, -0.1) is 0 Å². The van der Waals surface area contributed by atoms with Crippen molar-refractivity contribution >= 4 is 0 Å². The van der Waals surface area contributed by atoms with Crippen LogP contribution in [0.1, 0.15) is 32.6 Å². The Labute approximate surface area is 69.5 Å². The van der Waals surface area contributed by atoms with Crippen LogP contribution in [0.5, 0.6) is 0 Å². The van der Waals surface area contributed by atoms with E-state index in [-0.39, 0.29) is 0 Å². The largest absolute Gasteiger partial charge is 0.329 e. The highest BCUT2D eigenvalue weighted by Crippen LogP contribution is 2.18. The van der Waals surface area contributed by atoms with E-state index in [2.05, 4.69) is 12.2 Å².